The molecule has 0 spiro atoms. The van der Waals surface area contributed by atoms with Crippen molar-refractivity contribution in [2.45, 2.75) is 0 Å². The Balaban J connectivity index is 3.28. The Bertz CT molecular complexity index is 336. The SMILES string of the molecule is CN=Cc1cc(OC)c(OC)c(OC)c1. The molecule has 0 heterocycles. The second-order valence-electron chi connectivity index (χ2n) is 2.85. The first-order valence-corrected chi connectivity index (χ1v) is 4.49. The molecule has 0 saturated carbocycles. The van der Waals surface area contributed by atoms with Crippen LogP contribution >= 0.6 is 0 Å². The van der Waals surface area contributed by atoms with Gasteiger partial charge in [-0.1, -0.05) is 0 Å². The van der Waals surface area contributed by atoms with Crippen LogP contribution in [0, 0.1) is 0 Å². The summed E-state index contributed by atoms with van der Waals surface area (Å²) in [7, 11) is 6.46. The molecule has 0 atom stereocenters. The molecule has 15 heavy (non-hydrogen) atoms. The topological polar surface area (TPSA) is 40.0 Å². The van der Waals surface area contributed by atoms with Crippen LogP contribution in [-0.4, -0.2) is 34.6 Å². The number of methoxy groups -OCH3 is 3. The maximum absolute atomic E-state index is 5.20. The number of nitrogens with zero attached hydrogens (tertiary/aromatic N) is 1. The van der Waals surface area contributed by atoms with Gasteiger partial charge >= 0.3 is 0 Å². The highest BCUT2D eigenvalue weighted by Gasteiger charge is 2.11. The lowest BCUT2D eigenvalue weighted by molar-refractivity contribution is 0.324. The molecule has 0 N–H and O–H groups in total. The standard InChI is InChI=1S/C11H15NO3/c1-12-7-8-5-9(13-2)11(15-4)10(6-8)14-3/h5-7H,1-4H3. The van der Waals surface area contributed by atoms with Crippen molar-refractivity contribution in [3.8, 4) is 17.2 Å². The van der Waals surface area contributed by atoms with Gasteiger partial charge in [-0.3, -0.25) is 4.99 Å². The van der Waals surface area contributed by atoms with Crippen molar-refractivity contribution in [3.63, 3.8) is 0 Å². The number of hydrogen-bond donors (Lipinski definition) is 0. The minimum absolute atomic E-state index is 0.591. The first-order chi connectivity index (χ1) is 7.26. The summed E-state index contributed by atoms with van der Waals surface area (Å²) in [5, 5.41) is 0. The predicted octanol–water partition coefficient (Wildman–Crippen LogP) is 1.76. The molecule has 0 fully saturated rings. The molecule has 82 valence electrons. The van der Waals surface area contributed by atoms with Gasteiger partial charge in [0, 0.05) is 13.3 Å². The van der Waals surface area contributed by atoms with Gasteiger partial charge in [0.1, 0.15) is 0 Å². The maximum Gasteiger partial charge on any atom is 0.203 e. The van der Waals surface area contributed by atoms with E-state index < -0.39 is 0 Å². The molecular weight excluding hydrogens is 194 g/mol. The van der Waals surface area contributed by atoms with Crippen molar-refractivity contribution >= 4 is 6.21 Å². The molecular formula is C11H15NO3. The lowest BCUT2D eigenvalue weighted by Gasteiger charge is -2.12. The zero-order chi connectivity index (χ0) is 11.3. The smallest absolute Gasteiger partial charge is 0.203 e. The largest absolute Gasteiger partial charge is 0.493 e. The van der Waals surface area contributed by atoms with Crippen LogP contribution in [0.3, 0.4) is 0 Å². The summed E-state index contributed by atoms with van der Waals surface area (Å²) in [4.78, 5) is 3.94. The van der Waals surface area contributed by atoms with Gasteiger partial charge in [0.25, 0.3) is 0 Å². The van der Waals surface area contributed by atoms with Gasteiger partial charge in [-0.2, -0.15) is 0 Å². The third kappa shape index (κ3) is 2.40. The summed E-state index contributed by atoms with van der Waals surface area (Å²) >= 11 is 0. The first-order valence-electron chi connectivity index (χ1n) is 4.49. The molecule has 0 aliphatic carbocycles. The Hall–Kier alpha value is -1.71. The third-order valence-electron chi connectivity index (χ3n) is 1.97. The second kappa shape index (κ2) is 5.24. The fourth-order valence-electron chi connectivity index (χ4n) is 1.32. The van der Waals surface area contributed by atoms with Crippen LogP contribution < -0.4 is 14.2 Å². The normalized spacial score (nSPS) is 10.4. The quantitative estimate of drug-likeness (QED) is 0.709. The Morgan fingerprint density at radius 3 is 1.87 bits per heavy atom. The average Bonchev–Trinajstić information content (AvgIpc) is 2.28. The molecule has 1 rings (SSSR count). The number of hydrogen-bond acceptors (Lipinski definition) is 4. The Kier molecular flexibility index (Phi) is 3.97. The molecule has 0 radical (unpaired) electrons. The van der Waals surface area contributed by atoms with Crippen LogP contribution in [0.4, 0.5) is 0 Å². The maximum atomic E-state index is 5.20. The Labute approximate surface area is 89.5 Å². The highest BCUT2D eigenvalue weighted by molar-refractivity contribution is 5.82. The van der Waals surface area contributed by atoms with Gasteiger partial charge in [0.15, 0.2) is 11.5 Å². The number of rotatable bonds is 4. The van der Waals surface area contributed by atoms with Crippen molar-refractivity contribution in [1.82, 2.24) is 0 Å². The minimum atomic E-state index is 0.591. The fraction of sp³-hybridized carbons (Fsp3) is 0.364. The molecule has 0 bridgehead atoms. The van der Waals surface area contributed by atoms with E-state index in [4.69, 9.17) is 14.2 Å². The van der Waals surface area contributed by atoms with Gasteiger partial charge in [0.05, 0.1) is 21.3 Å². The number of benzene rings is 1. The van der Waals surface area contributed by atoms with Crippen LogP contribution in [0.15, 0.2) is 17.1 Å². The van der Waals surface area contributed by atoms with Crippen LogP contribution in [-0.2, 0) is 0 Å². The lowest BCUT2D eigenvalue weighted by Crippen LogP contribution is -1.96. The van der Waals surface area contributed by atoms with Crippen LogP contribution in [0.2, 0.25) is 0 Å². The Morgan fingerprint density at radius 1 is 1.00 bits per heavy atom. The van der Waals surface area contributed by atoms with Crippen LogP contribution in [0.1, 0.15) is 5.56 Å². The van der Waals surface area contributed by atoms with Crippen molar-refractivity contribution < 1.29 is 14.2 Å². The summed E-state index contributed by atoms with van der Waals surface area (Å²) in [6.45, 7) is 0. The summed E-state index contributed by atoms with van der Waals surface area (Å²) in [6, 6.07) is 3.68. The highest BCUT2D eigenvalue weighted by Crippen LogP contribution is 2.37. The van der Waals surface area contributed by atoms with E-state index in [1.807, 2.05) is 12.1 Å². The predicted molar refractivity (Wildman–Crippen MR) is 59.6 cm³/mol. The highest BCUT2D eigenvalue weighted by atomic mass is 16.5. The van der Waals surface area contributed by atoms with E-state index in [1.54, 1.807) is 34.6 Å². The summed E-state index contributed by atoms with van der Waals surface area (Å²) < 4.78 is 15.6. The zero-order valence-electron chi connectivity index (χ0n) is 9.40. The van der Waals surface area contributed by atoms with Gasteiger partial charge in [0.2, 0.25) is 5.75 Å². The van der Waals surface area contributed by atoms with Gasteiger partial charge in [-0.25, -0.2) is 0 Å². The fourth-order valence-corrected chi connectivity index (χ4v) is 1.32. The average molecular weight is 209 g/mol. The minimum Gasteiger partial charge on any atom is -0.493 e. The molecule has 0 unspecified atom stereocenters. The molecule has 0 saturated heterocycles. The van der Waals surface area contributed by atoms with E-state index >= 15 is 0 Å². The van der Waals surface area contributed by atoms with Crippen molar-refractivity contribution in [1.29, 1.82) is 0 Å². The van der Waals surface area contributed by atoms with Gasteiger partial charge in [-0.05, 0) is 17.7 Å². The monoisotopic (exact) mass is 209 g/mol. The van der Waals surface area contributed by atoms with Crippen molar-refractivity contribution in [3.05, 3.63) is 17.7 Å². The number of ether oxygens (including phenoxy) is 3. The van der Waals surface area contributed by atoms with Crippen LogP contribution in [0.25, 0.3) is 0 Å². The van der Waals surface area contributed by atoms with Gasteiger partial charge in [-0.15, -0.1) is 0 Å². The zero-order valence-corrected chi connectivity index (χ0v) is 9.40. The summed E-state index contributed by atoms with van der Waals surface area (Å²) in [5.41, 5.74) is 0.909. The van der Waals surface area contributed by atoms with E-state index in [0.29, 0.717) is 17.2 Å². The Morgan fingerprint density at radius 2 is 1.53 bits per heavy atom. The van der Waals surface area contributed by atoms with E-state index in [-0.39, 0.29) is 0 Å². The second-order valence-corrected chi connectivity index (χ2v) is 2.85. The molecule has 0 aromatic heterocycles. The summed E-state index contributed by atoms with van der Waals surface area (Å²) in [6.07, 6.45) is 1.73. The molecule has 0 amide bonds. The van der Waals surface area contributed by atoms with E-state index in [0.717, 1.165) is 5.56 Å². The van der Waals surface area contributed by atoms with Gasteiger partial charge < -0.3 is 14.2 Å². The molecule has 4 heteroatoms. The van der Waals surface area contributed by atoms with Crippen LogP contribution in [0.5, 0.6) is 17.2 Å². The summed E-state index contributed by atoms with van der Waals surface area (Å²) in [5.74, 6) is 1.85. The lowest BCUT2D eigenvalue weighted by atomic mass is 10.2. The van der Waals surface area contributed by atoms with Crippen molar-refractivity contribution in [2.75, 3.05) is 28.4 Å². The number of aliphatic imine (C=N–C) groups is 1. The van der Waals surface area contributed by atoms with Crippen molar-refractivity contribution in [2.24, 2.45) is 4.99 Å². The molecule has 1 aromatic rings. The molecule has 0 aliphatic rings. The first kappa shape index (κ1) is 11.4. The van der Waals surface area contributed by atoms with E-state index in [2.05, 4.69) is 4.99 Å². The molecule has 4 nitrogen and oxygen atoms in total. The van der Waals surface area contributed by atoms with E-state index in [9.17, 15) is 0 Å². The van der Waals surface area contributed by atoms with E-state index in [1.165, 1.54) is 0 Å². The molecule has 1 aromatic carbocycles. The molecule has 0 aliphatic heterocycles. The third-order valence-corrected chi connectivity index (χ3v) is 1.97.